The van der Waals surface area contributed by atoms with Crippen molar-refractivity contribution >= 4 is 23.5 Å². The SMILES string of the molecule is CCCCn1c(N)c(N(CCC)C(=O)/C=C/c2cccc(F)c2)c(=O)[nH]c1=O. The van der Waals surface area contributed by atoms with Gasteiger partial charge < -0.3 is 10.6 Å². The monoisotopic (exact) mass is 388 g/mol. The summed E-state index contributed by atoms with van der Waals surface area (Å²) in [6.07, 6.45) is 4.84. The number of nitrogens with two attached hydrogens (primary N) is 1. The van der Waals surface area contributed by atoms with Crippen molar-refractivity contribution in [1.29, 1.82) is 0 Å². The predicted octanol–water partition coefficient (Wildman–Crippen LogP) is 2.51. The maximum atomic E-state index is 13.3. The third kappa shape index (κ3) is 4.97. The third-order valence-electron chi connectivity index (χ3n) is 4.20. The molecular formula is C20H25FN4O3. The standard InChI is InChI=1S/C20H25FN4O3/c1-3-5-12-25-18(22)17(19(27)23-20(25)28)24(11-4-2)16(26)10-9-14-7-6-8-15(21)13-14/h6-10,13H,3-5,11-12,22H2,1-2H3,(H,23,27,28)/b10-9+. The lowest BCUT2D eigenvalue weighted by Crippen LogP contribution is -2.41. The molecule has 0 atom stereocenters. The van der Waals surface area contributed by atoms with E-state index in [1.54, 1.807) is 6.07 Å². The van der Waals surface area contributed by atoms with Crippen LogP contribution in [0, 0.1) is 5.82 Å². The zero-order valence-electron chi connectivity index (χ0n) is 16.1. The van der Waals surface area contributed by atoms with E-state index in [4.69, 9.17) is 5.73 Å². The smallest absolute Gasteiger partial charge is 0.330 e. The van der Waals surface area contributed by atoms with Crippen LogP contribution in [0.15, 0.2) is 39.9 Å². The van der Waals surface area contributed by atoms with Gasteiger partial charge in [0.2, 0.25) is 0 Å². The number of H-pyrrole nitrogens is 1. The average molecular weight is 388 g/mol. The van der Waals surface area contributed by atoms with E-state index in [0.29, 0.717) is 24.9 Å². The number of nitrogens with one attached hydrogen (secondary N) is 1. The summed E-state index contributed by atoms with van der Waals surface area (Å²) < 4.78 is 14.6. The van der Waals surface area contributed by atoms with Gasteiger partial charge in [-0.25, -0.2) is 9.18 Å². The number of amides is 1. The molecule has 0 radical (unpaired) electrons. The van der Waals surface area contributed by atoms with Crippen molar-refractivity contribution in [1.82, 2.24) is 9.55 Å². The number of unbranched alkanes of at least 4 members (excludes halogenated alkanes) is 1. The van der Waals surface area contributed by atoms with Gasteiger partial charge in [0.25, 0.3) is 11.5 Å². The van der Waals surface area contributed by atoms with Crippen LogP contribution >= 0.6 is 0 Å². The molecule has 8 heteroatoms. The fourth-order valence-corrected chi connectivity index (χ4v) is 2.80. The Bertz CT molecular complexity index is 978. The number of carbonyl (C=O) groups excluding carboxylic acids is 1. The lowest BCUT2D eigenvalue weighted by molar-refractivity contribution is -0.114. The molecule has 150 valence electrons. The van der Waals surface area contributed by atoms with Crippen molar-refractivity contribution in [3.63, 3.8) is 0 Å². The molecular weight excluding hydrogens is 363 g/mol. The van der Waals surface area contributed by atoms with Gasteiger partial charge in [0, 0.05) is 19.2 Å². The second-order valence-corrected chi connectivity index (χ2v) is 6.38. The molecule has 3 N–H and O–H groups in total. The van der Waals surface area contributed by atoms with E-state index in [0.717, 1.165) is 6.42 Å². The highest BCUT2D eigenvalue weighted by atomic mass is 19.1. The van der Waals surface area contributed by atoms with Gasteiger partial charge in [-0.3, -0.25) is 19.1 Å². The molecule has 0 aliphatic carbocycles. The largest absolute Gasteiger partial charge is 0.383 e. The zero-order valence-corrected chi connectivity index (χ0v) is 16.1. The Morgan fingerprint density at radius 2 is 2.04 bits per heavy atom. The number of nitrogens with zero attached hydrogens (tertiary/aromatic N) is 2. The van der Waals surface area contributed by atoms with Gasteiger partial charge in [-0.05, 0) is 36.6 Å². The molecule has 0 bridgehead atoms. The quantitative estimate of drug-likeness (QED) is 0.679. The number of benzene rings is 1. The number of halogens is 1. The summed E-state index contributed by atoms with van der Waals surface area (Å²) in [4.78, 5) is 40.7. The molecule has 28 heavy (non-hydrogen) atoms. The molecule has 0 fully saturated rings. The van der Waals surface area contributed by atoms with Crippen molar-refractivity contribution in [3.05, 3.63) is 62.6 Å². The summed E-state index contributed by atoms with van der Waals surface area (Å²) in [7, 11) is 0. The Morgan fingerprint density at radius 1 is 1.29 bits per heavy atom. The number of anilines is 2. The fourth-order valence-electron chi connectivity index (χ4n) is 2.80. The predicted molar refractivity (Wildman–Crippen MR) is 109 cm³/mol. The Kier molecular flexibility index (Phi) is 7.31. The number of aromatic amines is 1. The fraction of sp³-hybridized carbons (Fsp3) is 0.350. The van der Waals surface area contributed by atoms with Gasteiger partial charge in [-0.15, -0.1) is 0 Å². The molecule has 0 saturated heterocycles. The topological polar surface area (TPSA) is 101 Å². The Hall–Kier alpha value is -3.16. The first-order valence-corrected chi connectivity index (χ1v) is 9.26. The molecule has 1 aromatic carbocycles. The van der Waals surface area contributed by atoms with Gasteiger partial charge in [-0.2, -0.15) is 0 Å². The summed E-state index contributed by atoms with van der Waals surface area (Å²) in [5.74, 6) is -0.934. The molecule has 2 aromatic rings. The first-order chi connectivity index (χ1) is 13.4. The van der Waals surface area contributed by atoms with Crippen molar-refractivity contribution < 1.29 is 9.18 Å². The third-order valence-corrected chi connectivity index (χ3v) is 4.20. The van der Waals surface area contributed by atoms with Crippen molar-refractivity contribution in [3.8, 4) is 0 Å². The first kappa shape index (κ1) is 21.1. The van der Waals surface area contributed by atoms with E-state index in [1.165, 1.54) is 39.8 Å². The lowest BCUT2D eigenvalue weighted by Gasteiger charge is -2.23. The number of hydrogen-bond acceptors (Lipinski definition) is 4. The Morgan fingerprint density at radius 3 is 2.68 bits per heavy atom. The maximum absolute atomic E-state index is 13.3. The minimum absolute atomic E-state index is 0.0387. The van der Waals surface area contributed by atoms with Crippen LogP contribution < -0.4 is 21.9 Å². The van der Waals surface area contributed by atoms with Crippen molar-refractivity contribution in [2.75, 3.05) is 17.2 Å². The van der Waals surface area contributed by atoms with Crippen LogP contribution in [0.3, 0.4) is 0 Å². The van der Waals surface area contributed by atoms with E-state index in [9.17, 15) is 18.8 Å². The molecule has 1 heterocycles. The highest BCUT2D eigenvalue weighted by Crippen LogP contribution is 2.18. The number of nitrogen functional groups attached to an aromatic ring is 1. The van der Waals surface area contributed by atoms with Gasteiger partial charge in [0.1, 0.15) is 11.6 Å². The molecule has 2 rings (SSSR count). The van der Waals surface area contributed by atoms with E-state index in [1.807, 2.05) is 13.8 Å². The summed E-state index contributed by atoms with van der Waals surface area (Å²) in [6.45, 7) is 4.41. The van der Waals surface area contributed by atoms with Gasteiger partial charge >= 0.3 is 5.69 Å². The van der Waals surface area contributed by atoms with Crippen molar-refractivity contribution in [2.24, 2.45) is 0 Å². The maximum Gasteiger partial charge on any atom is 0.330 e. The summed E-state index contributed by atoms with van der Waals surface area (Å²) in [5.41, 5.74) is 5.25. The lowest BCUT2D eigenvalue weighted by atomic mass is 10.2. The van der Waals surface area contributed by atoms with E-state index in [-0.39, 0.29) is 18.1 Å². The molecule has 1 aromatic heterocycles. The van der Waals surface area contributed by atoms with Gasteiger partial charge in [0.15, 0.2) is 5.69 Å². The van der Waals surface area contributed by atoms with Gasteiger partial charge in [-0.1, -0.05) is 32.4 Å². The van der Waals surface area contributed by atoms with Crippen LogP contribution in [0.4, 0.5) is 15.9 Å². The summed E-state index contributed by atoms with van der Waals surface area (Å²) in [5, 5.41) is 0. The zero-order chi connectivity index (χ0) is 20.7. The van der Waals surface area contributed by atoms with Gasteiger partial charge in [0.05, 0.1) is 0 Å². The van der Waals surface area contributed by atoms with Crippen LogP contribution in [0.5, 0.6) is 0 Å². The molecule has 0 aliphatic rings. The van der Waals surface area contributed by atoms with Crippen LogP contribution in [-0.4, -0.2) is 22.0 Å². The second-order valence-electron chi connectivity index (χ2n) is 6.38. The molecule has 0 saturated carbocycles. The molecule has 0 spiro atoms. The minimum atomic E-state index is -0.712. The molecule has 0 unspecified atom stereocenters. The molecule has 0 aliphatic heterocycles. The normalized spacial score (nSPS) is 11.1. The number of aromatic nitrogens is 2. The minimum Gasteiger partial charge on any atom is -0.383 e. The number of rotatable bonds is 8. The van der Waals surface area contributed by atoms with Crippen molar-refractivity contribution in [2.45, 2.75) is 39.7 Å². The highest BCUT2D eigenvalue weighted by molar-refractivity contribution is 6.05. The Labute approximate surface area is 162 Å². The summed E-state index contributed by atoms with van der Waals surface area (Å²) in [6, 6.07) is 5.79. The molecule has 7 nitrogen and oxygen atoms in total. The Balaban J connectivity index is 2.43. The first-order valence-electron chi connectivity index (χ1n) is 9.26. The second kappa shape index (κ2) is 9.68. The van der Waals surface area contributed by atoms with Crippen LogP contribution in [0.1, 0.15) is 38.7 Å². The molecule has 1 amide bonds. The average Bonchev–Trinajstić information content (AvgIpc) is 2.65. The van der Waals surface area contributed by atoms with Crippen LogP contribution in [-0.2, 0) is 11.3 Å². The number of carbonyl (C=O) groups is 1. The van der Waals surface area contributed by atoms with E-state index in [2.05, 4.69) is 4.98 Å². The van der Waals surface area contributed by atoms with E-state index >= 15 is 0 Å². The van der Waals surface area contributed by atoms with Crippen LogP contribution in [0.25, 0.3) is 6.08 Å². The summed E-state index contributed by atoms with van der Waals surface area (Å²) >= 11 is 0. The highest BCUT2D eigenvalue weighted by Gasteiger charge is 2.22. The van der Waals surface area contributed by atoms with Crippen LogP contribution in [0.2, 0.25) is 0 Å². The van der Waals surface area contributed by atoms with E-state index < -0.39 is 23.0 Å². The number of hydrogen-bond donors (Lipinski definition) is 2.